The number of halogens is 1. The predicted molar refractivity (Wildman–Crippen MR) is 116 cm³/mol. The molecule has 1 aromatic heterocycles. The first-order valence-corrected chi connectivity index (χ1v) is 9.38. The summed E-state index contributed by atoms with van der Waals surface area (Å²) < 4.78 is 0. The molecule has 0 spiro atoms. The maximum absolute atomic E-state index is 12.3. The molecule has 0 saturated carbocycles. The Morgan fingerprint density at radius 3 is 2.31 bits per heavy atom. The van der Waals surface area contributed by atoms with E-state index in [1.54, 1.807) is 12.1 Å². The van der Waals surface area contributed by atoms with Crippen molar-refractivity contribution in [2.24, 2.45) is 5.10 Å². The SMILES string of the molecule is O=C(N/N=C\c1ccccc1Cl)c1cc(-c2ccc(-c3ccccc3)cc2)n[nH]1. The minimum atomic E-state index is -0.382. The maximum Gasteiger partial charge on any atom is 0.289 e. The quantitative estimate of drug-likeness (QED) is 0.359. The lowest BCUT2D eigenvalue weighted by molar-refractivity contribution is 0.0950. The summed E-state index contributed by atoms with van der Waals surface area (Å²) in [5.41, 5.74) is 7.39. The van der Waals surface area contributed by atoms with E-state index in [9.17, 15) is 4.79 Å². The van der Waals surface area contributed by atoms with Crippen molar-refractivity contribution in [2.75, 3.05) is 0 Å². The summed E-state index contributed by atoms with van der Waals surface area (Å²) in [7, 11) is 0. The fourth-order valence-corrected chi connectivity index (χ4v) is 3.03. The van der Waals surface area contributed by atoms with Gasteiger partial charge in [-0.25, -0.2) is 5.43 Å². The average Bonchev–Trinajstić information content (AvgIpc) is 3.26. The second-order valence-corrected chi connectivity index (χ2v) is 6.74. The molecule has 0 fully saturated rings. The number of rotatable bonds is 5. The third-order valence-corrected chi connectivity index (χ3v) is 4.73. The highest BCUT2D eigenvalue weighted by atomic mass is 35.5. The van der Waals surface area contributed by atoms with Crippen LogP contribution in [-0.4, -0.2) is 22.3 Å². The van der Waals surface area contributed by atoms with Crippen molar-refractivity contribution >= 4 is 23.7 Å². The molecule has 0 saturated heterocycles. The van der Waals surface area contributed by atoms with Crippen LogP contribution in [0.5, 0.6) is 0 Å². The van der Waals surface area contributed by atoms with Gasteiger partial charge in [0.15, 0.2) is 0 Å². The largest absolute Gasteiger partial charge is 0.289 e. The van der Waals surface area contributed by atoms with Crippen LogP contribution in [0.2, 0.25) is 5.02 Å². The lowest BCUT2D eigenvalue weighted by atomic mass is 10.0. The van der Waals surface area contributed by atoms with E-state index in [4.69, 9.17) is 11.6 Å². The molecule has 4 aromatic rings. The Bertz CT molecular complexity index is 1150. The van der Waals surface area contributed by atoms with Gasteiger partial charge >= 0.3 is 0 Å². The zero-order chi connectivity index (χ0) is 20.1. The van der Waals surface area contributed by atoms with Crippen molar-refractivity contribution in [3.63, 3.8) is 0 Å². The van der Waals surface area contributed by atoms with Crippen LogP contribution >= 0.6 is 11.6 Å². The number of amides is 1. The molecule has 1 heterocycles. The van der Waals surface area contributed by atoms with Gasteiger partial charge in [-0.15, -0.1) is 0 Å². The summed E-state index contributed by atoms with van der Waals surface area (Å²) in [5, 5.41) is 11.5. The number of aromatic nitrogens is 2. The second kappa shape index (κ2) is 8.54. The molecular weight excluding hydrogens is 384 g/mol. The number of hydrazone groups is 1. The van der Waals surface area contributed by atoms with Crippen LogP contribution in [0.3, 0.4) is 0 Å². The molecule has 4 rings (SSSR count). The summed E-state index contributed by atoms with van der Waals surface area (Å²) in [6.07, 6.45) is 1.50. The minimum Gasteiger partial charge on any atom is -0.272 e. The highest BCUT2D eigenvalue weighted by Gasteiger charge is 2.10. The number of benzene rings is 3. The van der Waals surface area contributed by atoms with Crippen molar-refractivity contribution in [1.82, 2.24) is 15.6 Å². The zero-order valence-electron chi connectivity index (χ0n) is 15.3. The average molecular weight is 401 g/mol. The fraction of sp³-hybridized carbons (Fsp3) is 0. The number of nitrogens with one attached hydrogen (secondary N) is 2. The summed E-state index contributed by atoms with van der Waals surface area (Å²) in [6.45, 7) is 0. The smallest absolute Gasteiger partial charge is 0.272 e. The Morgan fingerprint density at radius 1 is 0.897 bits per heavy atom. The Balaban J connectivity index is 1.44. The molecule has 5 nitrogen and oxygen atoms in total. The molecule has 0 aliphatic rings. The van der Waals surface area contributed by atoms with E-state index in [0.29, 0.717) is 16.4 Å². The first-order chi connectivity index (χ1) is 14.2. The molecule has 29 heavy (non-hydrogen) atoms. The topological polar surface area (TPSA) is 70.1 Å². The molecule has 6 heteroatoms. The van der Waals surface area contributed by atoms with E-state index in [2.05, 4.69) is 32.9 Å². The van der Waals surface area contributed by atoms with Crippen LogP contribution in [0, 0.1) is 0 Å². The van der Waals surface area contributed by atoms with Gasteiger partial charge < -0.3 is 0 Å². The van der Waals surface area contributed by atoms with Gasteiger partial charge in [-0.05, 0) is 23.3 Å². The fourth-order valence-electron chi connectivity index (χ4n) is 2.85. The van der Waals surface area contributed by atoms with Crippen LogP contribution in [0.1, 0.15) is 16.1 Å². The van der Waals surface area contributed by atoms with Crippen LogP contribution in [-0.2, 0) is 0 Å². The van der Waals surface area contributed by atoms with Crippen LogP contribution in [0.4, 0.5) is 0 Å². The number of hydrogen-bond acceptors (Lipinski definition) is 3. The van der Waals surface area contributed by atoms with Gasteiger partial charge in [0, 0.05) is 16.1 Å². The summed E-state index contributed by atoms with van der Waals surface area (Å²) in [5.74, 6) is -0.382. The summed E-state index contributed by atoms with van der Waals surface area (Å²) >= 11 is 6.06. The molecule has 0 aliphatic carbocycles. The molecule has 3 aromatic carbocycles. The van der Waals surface area contributed by atoms with E-state index in [-0.39, 0.29) is 5.91 Å². The van der Waals surface area contributed by atoms with Crippen LogP contribution in [0.15, 0.2) is 90.0 Å². The molecular formula is C23H17ClN4O. The van der Waals surface area contributed by atoms with Crippen molar-refractivity contribution in [2.45, 2.75) is 0 Å². The third kappa shape index (κ3) is 4.42. The van der Waals surface area contributed by atoms with Crippen molar-refractivity contribution in [3.05, 3.63) is 101 Å². The molecule has 0 aliphatic heterocycles. The highest BCUT2D eigenvalue weighted by molar-refractivity contribution is 6.33. The summed E-state index contributed by atoms with van der Waals surface area (Å²) in [6, 6.07) is 27.1. The summed E-state index contributed by atoms with van der Waals surface area (Å²) in [4.78, 5) is 12.3. The molecule has 0 radical (unpaired) electrons. The maximum atomic E-state index is 12.3. The number of carbonyl (C=O) groups is 1. The predicted octanol–water partition coefficient (Wildman–Crippen LogP) is 5.16. The second-order valence-electron chi connectivity index (χ2n) is 6.33. The lowest BCUT2D eigenvalue weighted by Crippen LogP contribution is -2.18. The number of carbonyl (C=O) groups excluding carboxylic acids is 1. The Kier molecular flexibility index (Phi) is 5.49. The number of aromatic amines is 1. The first kappa shape index (κ1) is 18.7. The number of H-pyrrole nitrogens is 1. The van der Waals surface area contributed by atoms with Gasteiger partial charge in [0.1, 0.15) is 5.69 Å². The third-order valence-electron chi connectivity index (χ3n) is 4.39. The van der Waals surface area contributed by atoms with Gasteiger partial charge in [-0.1, -0.05) is 84.4 Å². The molecule has 142 valence electrons. The standard InChI is InChI=1S/C23H17ClN4O/c24-20-9-5-4-8-19(20)15-25-28-23(29)22-14-21(26-27-22)18-12-10-17(11-13-18)16-6-2-1-3-7-16/h1-15H,(H,26,27)(H,28,29)/b25-15-. The zero-order valence-corrected chi connectivity index (χ0v) is 16.1. The Hall–Kier alpha value is -3.70. The van der Waals surface area contributed by atoms with Crippen molar-refractivity contribution in [1.29, 1.82) is 0 Å². The molecule has 0 atom stereocenters. The number of nitrogens with zero attached hydrogens (tertiary/aromatic N) is 2. The normalized spacial score (nSPS) is 10.9. The van der Waals surface area contributed by atoms with Crippen LogP contribution in [0.25, 0.3) is 22.4 Å². The molecule has 1 amide bonds. The first-order valence-electron chi connectivity index (χ1n) is 9.00. The van der Waals surface area contributed by atoms with Gasteiger partial charge in [-0.2, -0.15) is 10.2 Å². The monoisotopic (exact) mass is 400 g/mol. The Labute approximate surface area is 173 Å². The molecule has 0 bridgehead atoms. The van der Waals surface area contributed by atoms with Crippen LogP contribution < -0.4 is 5.43 Å². The minimum absolute atomic E-state index is 0.323. The van der Waals surface area contributed by atoms with Gasteiger partial charge in [0.05, 0.1) is 11.9 Å². The lowest BCUT2D eigenvalue weighted by Gasteiger charge is -2.02. The van der Waals surface area contributed by atoms with Crippen molar-refractivity contribution < 1.29 is 4.79 Å². The van der Waals surface area contributed by atoms with Crippen molar-refractivity contribution in [3.8, 4) is 22.4 Å². The van der Waals surface area contributed by atoms with Gasteiger partial charge in [0.25, 0.3) is 5.91 Å². The van der Waals surface area contributed by atoms with E-state index < -0.39 is 0 Å². The van der Waals surface area contributed by atoms with E-state index in [1.807, 2.05) is 60.7 Å². The van der Waals surface area contributed by atoms with E-state index in [0.717, 1.165) is 22.3 Å². The van der Waals surface area contributed by atoms with Gasteiger partial charge in [-0.3, -0.25) is 9.89 Å². The van der Waals surface area contributed by atoms with E-state index >= 15 is 0 Å². The van der Waals surface area contributed by atoms with E-state index in [1.165, 1.54) is 6.21 Å². The highest BCUT2D eigenvalue weighted by Crippen LogP contribution is 2.24. The van der Waals surface area contributed by atoms with Gasteiger partial charge in [0.2, 0.25) is 0 Å². The molecule has 0 unspecified atom stereocenters. The number of hydrogen-bond donors (Lipinski definition) is 2. The Morgan fingerprint density at radius 2 is 1.55 bits per heavy atom. The molecule has 2 N–H and O–H groups in total.